The molecule has 35 heavy (non-hydrogen) atoms. The molecule has 0 N–H and O–H groups in total. The molecule has 2 heterocycles. The third-order valence-electron chi connectivity index (χ3n) is 7.24. The molecule has 1 aromatic heterocycles. The highest BCUT2D eigenvalue weighted by molar-refractivity contribution is 6.02. The lowest BCUT2D eigenvalue weighted by molar-refractivity contribution is -0.129. The SMILES string of the molecule is CCOc1c(/C(C)=C/C(=O)N2CCCCC2C)cc2c(-c3ccc4ccccc4c3)coc2c1C. The van der Waals surface area contributed by atoms with Crippen LogP contribution in [0.2, 0.25) is 0 Å². The summed E-state index contributed by atoms with van der Waals surface area (Å²) in [6, 6.07) is 17.3. The van der Waals surface area contributed by atoms with Crippen molar-refractivity contribution in [3.05, 3.63) is 72.0 Å². The number of ether oxygens (including phenoxy) is 1. The van der Waals surface area contributed by atoms with Crippen molar-refractivity contribution in [1.29, 1.82) is 0 Å². The molecular weight excluding hydrogens is 434 g/mol. The van der Waals surface area contributed by atoms with Crippen molar-refractivity contribution in [1.82, 2.24) is 4.90 Å². The zero-order valence-electron chi connectivity index (χ0n) is 21.1. The van der Waals surface area contributed by atoms with Gasteiger partial charge in [-0.1, -0.05) is 36.4 Å². The van der Waals surface area contributed by atoms with E-state index in [-0.39, 0.29) is 11.9 Å². The van der Waals surface area contributed by atoms with E-state index in [1.807, 2.05) is 31.9 Å². The highest BCUT2D eigenvalue weighted by Gasteiger charge is 2.23. The maximum absolute atomic E-state index is 13.2. The summed E-state index contributed by atoms with van der Waals surface area (Å²) in [5.41, 5.74) is 5.78. The number of hydrogen-bond acceptors (Lipinski definition) is 3. The van der Waals surface area contributed by atoms with Crippen molar-refractivity contribution in [2.24, 2.45) is 0 Å². The Hall–Kier alpha value is -3.53. The molecule has 1 saturated heterocycles. The van der Waals surface area contributed by atoms with Crippen LogP contribution in [0.1, 0.15) is 51.2 Å². The second-order valence-electron chi connectivity index (χ2n) is 9.60. The Morgan fingerprint density at radius 2 is 1.94 bits per heavy atom. The molecule has 4 heteroatoms. The summed E-state index contributed by atoms with van der Waals surface area (Å²) < 4.78 is 12.2. The minimum Gasteiger partial charge on any atom is -0.493 e. The number of likely N-dealkylation sites (tertiary alicyclic amines) is 1. The van der Waals surface area contributed by atoms with Gasteiger partial charge >= 0.3 is 0 Å². The highest BCUT2D eigenvalue weighted by Crippen LogP contribution is 2.41. The molecule has 0 saturated carbocycles. The van der Waals surface area contributed by atoms with Gasteiger partial charge < -0.3 is 14.1 Å². The van der Waals surface area contributed by atoms with Gasteiger partial charge in [0.25, 0.3) is 0 Å². The Balaban J connectivity index is 1.62. The van der Waals surface area contributed by atoms with Crippen molar-refractivity contribution in [2.75, 3.05) is 13.2 Å². The Morgan fingerprint density at radius 1 is 1.14 bits per heavy atom. The van der Waals surface area contributed by atoms with Crippen molar-refractivity contribution < 1.29 is 13.9 Å². The molecule has 5 rings (SSSR count). The summed E-state index contributed by atoms with van der Waals surface area (Å²) in [4.78, 5) is 15.2. The predicted octanol–water partition coefficient (Wildman–Crippen LogP) is 7.76. The van der Waals surface area contributed by atoms with Crippen molar-refractivity contribution in [3.8, 4) is 16.9 Å². The molecule has 3 aromatic carbocycles. The number of furan rings is 1. The van der Waals surface area contributed by atoms with Crippen molar-refractivity contribution >= 4 is 33.2 Å². The van der Waals surface area contributed by atoms with E-state index < -0.39 is 0 Å². The fraction of sp³-hybridized carbons (Fsp3) is 0.323. The third kappa shape index (κ3) is 4.34. The first kappa shape index (κ1) is 23.2. The van der Waals surface area contributed by atoms with Gasteiger partial charge in [0, 0.05) is 40.7 Å². The molecule has 1 fully saturated rings. The Bertz CT molecular complexity index is 1430. The fourth-order valence-electron chi connectivity index (χ4n) is 5.29. The van der Waals surface area contributed by atoms with Gasteiger partial charge in [-0.3, -0.25) is 4.79 Å². The minimum atomic E-state index is 0.0804. The number of nitrogens with zero attached hydrogens (tertiary/aromatic N) is 1. The molecule has 1 amide bonds. The quantitative estimate of drug-likeness (QED) is 0.282. The van der Waals surface area contributed by atoms with Crippen LogP contribution in [0.4, 0.5) is 0 Å². The summed E-state index contributed by atoms with van der Waals surface area (Å²) >= 11 is 0. The van der Waals surface area contributed by atoms with E-state index in [0.717, 1.165) is 63.9 Å². The second kappa shape index (κ2) is 9.61. The number of allylic oxidation sites excluding steroid dienone is 1. The van der Waals surface area contributed by atoms with Gasteiger partial charge in [0.2, 0.25) is 5.91 Å². The van der Waals surface area contributed by atoms with Crippen LogP contribution in [-0.4, -0.2) is 30.0 Å². The molecule has 1 unspecified atom stereocenters. The number of carbonyl (C=O) groups is 1. The Morgan fingerprint density at radius 3 is 2.71 bits per heavy atom. The van der Waals surface area contributed by atoms with Crippen molar-refractivity contribution in [2.45, 2.75) is 53.0 Å². The minimum absolute atomic E-state index is 0.0804. The first-order valence-electron chi connectivity index (χ1n) is 12.6. The maximum Gasteiger partial charge on any atom is 0.247 e. The second-order valence-corrected chi connectivity index (χ2v) is 9.60. The lowest BCUT2D eigenvalue weighted by Crippen LogP contribution is -2.41. The summed E-state index contributed by atoms with van der Waals surface area (Å²) in [5, 5.41) is 3.44. The summed E-state index contributed by atoms with van der Waals surface area (Å²) in [5.74, 6) is 0.865. The molecule has 0 spiro atoms. The summed E-state index contributed by atoms with van der Waals surface area (Å²) in [7, 11) is 0. The number of piperidine rings is 1. The number of hydrogen-bond donors (Lipinski definition) is 0. The number of carbonyl (C=O) groups excluding carboxylic acids is 1. The average Bonchev–Trinajstić information content (AvgIpc) is 3.30. The average molecular weight is 468 g/mol. The van der Waals surface area contributed by atoms with Gasteiger partial charge in [-0.05, 0) is 81.0 Å². The van der Waals surface area contributed by atoms with Gasteiger partial charge in [0.1, 0.15) is 11.3 Å². The smallest absolute Gasteiger partial charge is 0.247 e. The topological polar surface area (TPSA) is 42.7 Å². The van der Waals surface area contributed by atoms with Crippen LogP contribution in [0.25, 0.3) is 38.4 Å². The number of amides is 1. The summed E-state index contributed by atoms with van der Waals surface area (Å²) in [6.45, 7) is 9.53. The Kier molecular flexibility index (Phi) is 6.38. The molecule has 4 nitrogen and oxygen atoms in total. The van der Waals surface area contributed by atoms with E-state index in [1.54, 1.807) is 6.08 Å². The zero-order valence-corrected chi connectivity index (χ0v) is 21.1. The Labute approximate surface area is 207 Å². The van der Waals surface area contributed by atoms with Crippen LogP contribution >= 0.6 is 0 Å². The van der Waals surface area contributed by atoms with E-state index in [9.17, 15) is 4.79 Å². The van der Waals surface area contributed by atoms with E-state index in [1.165, 1.54) is 17.2 Å². The normalized spacial score (nSPS) is 16.7. The first-order chi connectivity index (χ1) is 17.0. The highest BCUT2D eigenvalue weighted by atomic mass is 16.5. The molecule has 0 radical (unpaired) electrons. The molecular formula is C31H33NO3. The van der Waals surface area contributed by atoms with E-state index >= 15 is 0 Å². The zero-order chi connectivity index (χ0) is 24.5. The molecule has 1 aliphatic heterocycles. The maximum atomic E-state index is 13.2. The van der Waals surface area contributed by atoms with Crippen LogP contribution in [-0.2, 0) is 4.79 Å². The van der Waals surface area contributed by atoms with Gasteiger partial charge in [0.15, 0.2) is 0 Å². The third-order valence-corrected chi connectivity index (χ3v) is 7.24. The molecule has 4 aromatic rings. The van der Waals surface area contributed by atoms with Crippen LogP contribution in [0.5, 0.6) is 5.75 Å². The molecule has 1 aliphatic rings. The van der Waals surface area contributed by atoms with Gasteiger partial charge in [-0.2, -0.15) is 0 Å². The lowest BCUT2D eigenvalue weighted by atomic mass is 9.95. The molecule has 0 aliphatic carbocycles. The number of rotatable bonds is 5. The van der Waals surface area contributed by atoms with Gasteiger partial charge in [-0.25, -0.2) is 0 Å². The van der Waals surface area contributed by atoms with Gasteiger partial charge in [-0.15, -0.1) is 0 Å². The van der Waals surface area contributed by atoms with E-state index in [0.29, 0.717) is 6.61 Å². The first-order valence-corrected chi connectivity index (χ1v) is 12.6. The van der Waals surface area contributed by atoms with Gasteiger partial charge in [0.05, 0.1) is 12.9 Å². The summed E-state index contributed by atoms with van der Waals surface area (Å²) in [6.07, 6.45) is 6.94. The van der Waals surface area contributed by atoms with E-state index in [2.05, 4.69) is 55.5 Å². The standard InChI is InChI=1S/C31H33NO3/c1-5-34-30-22(4)31-27(18-26(30)20(2)16-29(33)32-15-9-8-10-21(32)3)28(19-35-31)25-14-13-23-11-6-7-12-24(23)17-25/h6-7,11-14,16-19,21H,5,8-10,15H2,1-4H3/b20-16+. The predicted molar refractivity (Wildman–Crippen MR) is 144 cm³/mol. The van der Waals surface area contributed by atoms with Crippen LogP contribution in [0.3, 0.4) is 0 Å². The monoisotopic (exact) mass is 467 g/mol. The number of fused-ring (bicyclic) bond motifs is 2. The molecule has 0 bridgehead atoms. The van der Waals surface area contributed by atoms with Crippen molar-refractivity contribution in [3.63, 3.8) is 0 Å². The largest absolute Gasteiger partial charge is 0.493 e. The van der Waals surface area contributed by atoms with Crippen LogP contribution in [0.15, 0.2) is 65.3 Å². The molecule has 1 atom stereocenters. The fourth-order valence-corrected chi connectivity index (χ4v) is 5.29. The van der Waals surface area contributed by atoms with Crippen LogP contribution in [0, 0.1) is 6.92 Å². The number of aryl methyl sites for hydroxylation is 1. The molecule has 180 valence electrons. The lowest BCUT2D eigenvalue weighted by Gasteiger charge is -2.32. The number of benzene rings is 3. The van der Waals surface area contributed by atoms with E-state index in [4.69, 9.17) is 9.15 Å². The van der Waals surface area contributed by atoms with Crippen LogP contribution < -0.4 is 4.74 Å².